The van der Waals surface area contributed by atoms with Crippen molar-refractivity contribution in [1.82, 2.24) is 4.98 Å². The zero-order valence-corrected chi connectivity index (χ0v) is 11.4. The Labute approximate surface area is 113 Å². The molecule has 0 fully saturated rings. The number of pyridine rings is 1. The Morgan fingerprint density at radius 1 is 1.16 bits per heavy atom. The molecule has 0 aliphatic heterocycles. The first-order valence-corrected chi connectivity index (χ1v) is 6.18. The van der Waals surface area contributed by atoms with E-state index in [1.54, 1.807) is 19.2 Å². The van der Waals surface area contributed by atoms with Crippen LogP contribution in [0.15, 0.2) is 36.4 Å². The van der Waals surface area contributed by atoms with E-state index < -0.39 is 0 Å². The highest BCUT2D eigenvalue weighted by atomic mass is 16.5. The molecule has 0 spiro atoms. The summed E-state index contributed by atoms with van der Waals surface area (Å²) in [6, 6.07) is 11.3. The Balaban J connectivity index is 2.28. The van der Waals surface area contributed by atoms with Gasteiger partial charge in [0.15, 0.2) is 0 Å². The highest BCUT2D eigenvalue weighted by Gasteiger charge is 2.07. The lowest BCUT2D eigenvalue weighted by Crippen LogP contribution is -1.97. The van der Waals surface area contributed by atoms with Gasteiger partial charge in [-0.15, -0.1) is 0 Å². The summed E-state index contributed by atoms with van der Waals surface area (Å²) in [4.78, 5) is 4.19. The molecule has 2 aromatic rings. The van der Waals surface area contributed by atoms with Crippen molar-refractivity contribution in [3.63, 3.8) is 0 Å². The van der Waals surface area contributed by atoms with Crippen LogP contribution in [0.1, 0.15) is 25.3 Å². The summed E-state index contributed by atoms with van der Waals surface area (Å²) in [5, 5.41) is 0. The number of nitrogens with two attached hydrogens (primary N) is 1. The third-order valence-electron chi connectivity index (χ3n) is 2.81. The van der Waals surface area contributed by atoms with Crippen LogP contribution in [0.3, 0.4) is 0 Å². The fraction of sp³-hybridized carbons (Fsp3) is 0.267. The number of nitrogen functional groups attached to an aromatic ring is 1. The molecule has 4 heteroatoms. The van der Waals surface area contributed by atoms with Crippen LogP contribution in [-0.4, -0.2) is 12.1 Å². The summed E-state index contributed by atoms with van der Waals surface area (Å²) in [5.74, 6) is 2.00. The van der Waals surface area contributed by atoms with Gasteiger partial charge in [0.25, 0.3) is 0 Å². The molecule has 0 unspecified atom stereocenters. The Bertz CT molecular complexity index is 568. The molecule has 0 saturated heterocycles. The Kier molecular flexibility index (Phi) is 3.90. The highest BCUT2D eigenvalue weighted by Crippen LogP contribution is 2.29. The lowest BCUT2D eigenvalue weighted by atomic mass is 10.0. The Morgan fingerprint density at radius 3 is 2.63 bits per heavy atom. The molecule has 0 radical (unpaired) electrons. The van der Waals surface area contributed by atoms with Crippen molar-refractivity contribution in [3.8, 4) is 17.5 Å². The first-order chi connectivity index (χ1) is 9.10. The minimum Gasteiger partial charge on any atom is -0.481 e. The topological polar surface area (TPSA) is 57.4 Å². The van der Waals surface area contributed by atoms with Crippen LogP contribution in [0.4, 0.5) is 5.69 Å². The van der Waals surface area contributed by atoms with Gasteiger partial charge in [-0.05, 0) is 29.7 Å². The Hall–Kier alpha value is -2.23. The SMILES string of the molecule is COc1ccc(N)c(Oc2cccc(C(C)C)c2)n1. The van der Waals surface area contributed by atoms with Gasteiger partial charge in [0.2, 0.25) is 11.8 Å². The van der Waals surface area contributed by atoms with E-state index in [4.69, 9.17) is 15.2 Å². The van der Waals surface area contributed by atoms with Gasteiger partial charge in [0.05, 0.1) is 12.8 Å². The third kappa shape index (κ3) is 3.16. The smallest absolute Gasteiger partial charge is 0.246 e. The second kappa shape index (κ2) is 5.61. The van der Waals surface area contributed by atoms with Crippen LogP contribution in [-0.2, 0) is 0 Å². The average molecular weight is 258 g/mol. The minimum atomic E-state index is 0.361. The van der Waals surface area contributed by atoms with Crippen molar-refractivity contribution >= 4 is 5.69 Å². The van der Waals surface area contributed by atoms with E-state index in [0.717, 1.165) is 5.75 Å². The molecule has 4 nitrogen and oxygen atoms in total. The molecule has 1 aromatic heterocycles. The number of hydrogen-bond acceptors (Lipinski definition) is 4. The summed E-state index contributed by atoms with van der Waals surface area (Å²) in [6.07, 6.45) is 0. The predicted octanol–water partition coefficient (Wildman–Crippen LogP) is 3.59. The normalized spacial score (nSPS) is 10.5. The van der Waals surface area contributed by atoms with E-state index in [1.165, 1.54) is 5.56 Å². The van der Waals surface area contributed by atoms with Gasteiger partial charge in [-0.3, -0.25) is 0 Å². The summed E-state index contributed by atoms with van der Waals surface area (Å²) >= 11 is 0. The maximum Gasteiger partial charge on any atom is 0.246 e. The average Bonchev–Trinajstić information content (AvgIpc) is 2.41. The summed E-state index contributed by atoms with van der Waals surface area (Å²) in [6.45, 7) is 4.27. The maximum atomic E-state index is 5.85. The molecule has 0 aliphatic rings. The molecule has 0 bridgehead atoms. The van der Waals surface area contributed by atoms with Crippen molar-refractivity contribution in [3.05, 3.63) is 42.0 Å². The summed E-state index contributed by atoms with van der Waals surface area (Å²) < 4.78 is 10.8. The van der Waals surface area contributed by atoms with Gasteiger partial charge in [-0.1, -0.05) is 26.0 Å². The predicted molar refractivity (Wildman–Crippen MR) is 75.8 cm³/mol. The van der Waals surface area contributed by atoms with Crippen LogP contribution >= 0.6 is 0 Å². The van der Waals surface area contributed by atoms with Gasteiger partial charge in [-0.25, -0.2) is 0 Å². The van der Waals surface area contributed by atoms with Gasteiger partial charge < -0.3 is 15.2 Å². The van der Waals surface area contributed by atoms with Crippen molar-refractivity contribution in [2.45, 2.75) is 19.8 Å². The highest BCUT2D eigenvalue weighted by molar-refractivity contribution is 5.51. The zero-order chi connectivity index (χ0) is 13.8. The first-order valence-electron chi connectivity index (χ1n) is 6.18. The van der Waals surface area contributed by atoms with E-state index in [2.05, 4.69) is 24.9 Å². The second-order valence-corrected chi connectivity index (χ2v) is 4.58. The number of rotatable bonds is 4. The molecule has 19 heavy (non-hydrogen) atoms. The monoisotopic (exact) mass is 258 g/mol. The fourth-order valence-corrected chi connectivity index (χ4v) is 1.68. The maximum absolute atomic E-state index is 5.85. The van der Waals surface area contributed by atoms with Crippen LogP contribution < -0.4 is 15.2 Å². The lowest BCUT2D eigenvalue weighted by Gasteiger charge is -2.11. The minimum absolute atomic E-state index is 0.361. The zero-order valence-electron chi connectivity index (χ0n) is 11.4. The van der Waals surface area contributed by atoms with Crippen LogP contribution in [0.25, 0.3) is 0 Å². The molecule has 0 amide bonds. The van der Waals surface area contributed by atoms with Gasteiger partial charge >= 0.3 is 0 Å². The number of ether oxygens (including phenoxy) is 2. The fourth-order valence-electron chi connectivity index (χ4n) is 1.68. The molecule has 1 aromatic carbocycles. The molecule has 1 heterocycles. The molecular weight excluding hydrogens is 240 g/mol. The van der Waals surface area contributed by atoms with Gasteiger partial charge in [-0.2, -0.15) is 4.98 Å². The van der Waals surface area contributed by atoms with Crippen molar-refractivity contribution in [2.24, 2.45) is 0 Å². The Morgan fingerprint density at radius 2 is 1.95 bits per heavy atom. The molecule has 0 saturated carbocycles. The molecule has 2 rings (SSSR count). The quantitative estimate of drug-likeness (QED) is 0.910. The second-order valence-electron chi connectivity index (χ2n) is 4.58. The first kappa shape index (κ1) is 13.2. The van der Waals surface area contributed by atoms with E-state index >= 15 is 0 Å². The van der Waals surface area contributed by atoms with E-state index in [1.807, 2.05) is 18.2 Å². The van der Waals surface area contributed by atoms with E-state index in [9.17, 15) is 0 Å². The van der Waals surface area contributed by atoms with Crippen LogP contribution in [0.2, 0.25) is 0 Å². The lowest BCUT2D eigenvalue weighted by molar-refractivity contribution is 0.384. The number of aromatic nitrogens is 1. The number of methoxy groups -OCH3 is 1. The van der Waals surface area contributed by atoms with Crippen molar-refractivity contribution < 1.29 is 9.47 Å². The van der Waals surface area contributed by atoms with Crippen LogP contribution in [0, 0.1) is 0 Å². The third-order valence-corrected chi connectivity index (χ3v) is 2.81. The van der Waals surface area contributed by atoms with Gasteiger partial charge in [0.1, 0.15) is 5.75 Å². The van der Waals surface area contributed by atoms with Crippen molar-refractivity contribution in [1.29, 1.82) is 0 Å². The largest absolute Gasteiger partial charge is 0.481 e. The number of anilines is 1. The molecule has 2 N–H and O–H groups in total. The molecule has 0 atom stereocenters. The van der Waals surface area contributed by atoms with Crippen molar-refractivity contribution in [2.75, 3.05) is 12.8 Å². The number of nitrogens with zero attached hydrogens (tertiary/aromatic N) is 1. The molecule has 100 valence electrons. The van der Waals surface area contributed by atoms with Gasteiger partial charge in [0, 0.05) is 6.07 Å². The van der Waals surface area contributed by atoms with Crippen LogP contribution in [0.5, 0.6) is 17.5 Å². The standard InChI is InChI=1S/C15H18N2O2/c1-10(2)11-5-4-6-12(9-11)19-15-13(16)7-8-14(17-15)18-3/h4-10H,16H2,1-3H3. The number of hydrogen-bond donors (Lipinski definition) is 1. The van der Waals surface area contributed by atoms with E-state index in [-0.39, 0.29) is 0 Å². The summed E-state index contributed by atoms with van der Waals surface area (Å²) in [7, 11) is 1.56. The molecule has 0 aliphatic carbocycles. The van der Waals surface area contributed by atoms with E-state index in [0.29, 0.717) is 23.4 Å². The molecular formula is C15H18N2O2. The summed E-state index contributed by atoms with van der Waals surface area (Å²) in [5.41, 5.74) is 7.54. The number of benzene rings is 1.